The topological polar surface area (TPSA) is 60.9 Å². The zero-order valence-corrected chi connectivity index (χ0v) is 15.5. The lowest BCUT2D eigenvalue weighted by Gasteiger charge is -2.22. The molecule has 0 radical (unpaired) electrons. The van der Waals surface area contributed by atoms with Crippen LogP contribution in [0, 0.1) is 5.92 Å². The number of phenolic OH excluding ortho intramolecular Hbond substituents is 1. The molecule has 2 amide bonds. The second-order valence-corrected chi connectivity index (χ2v) is 7.53. The third-order valence-corrected chi connectivity index (χ3v) is 5.64. The number of anilines is 1. The van der Waals surface area contributed by atoms with Crippen molar-refractivity contribution in [1.29, 1.82) is 0 Å². The number of rotatable bonds is 4. The molecule has 0 aromatic heterocycles. The van der Waals surface area contributed by atoms with Crippen molar-refractivity contribution in [2.24, 2.45) is 5.92 Å². The summed E-state index contributed by atoms with van der Waals surface area (Å²) in [7, 11) is 1.72. The van der Waals surface area contributed by atoms with Gasteiger partial charge in [0.25, 0.3) is 0 Å². The van der Waals surface area contributed by atoms with Gasteiger partial charge < -0.3 is 14.9 Å². The summed E-state index contributed by atoms with van der Waals surface area (Å²) in [5.41, 5.74) is 4.31. The van der Waals surface area contributed by atoms with Crippen LogP contribution in [0.15, 0.2) is 42.5 Å². The summed E-state index contributed by atoms with van der Waals surface area (Å²) in [5, 5.41) is 9.92. The number of nitrogens with zero attached hydrogens (tertiary/aromatic N) is 2. The molecule has 0 spiro atoms. The van der Waals surface area contributed by atoms with Gasteiger partial charge in [-0.2, -0.15) is 0 Å². The van der Waals surface area contributed by atoms with Crippen LogP contribution in [0.2, 0.25) is 0 Å². The van der Waals surface area contributed by atoms with Gasteiger partial charge in [0.15, 0.2) is 0 Å². The van der Waals surface area contributed by atoms with Gasteiger partial charge in [-0.25, -0.2) is 0 Å². The predicted octanol–water partition coefficient (Wildman–Crippen LogP) is 2.89. The quantitative estimate of drug-likeness (QED) is 0.907. The van der Waals surface area contributed by atoms with Crippen molar-refractivity contribution in [3.8, 4) is 5.75 Å². The summed E-state index contributed by atoms with van der Waals surface area (Å²) in [6.45, 7) is 0.747. The van der Waals surface area contributed by atoms with E-state index in [1.807, 2.05) is 12.1 Å². The second kappa shape index (κ2) is 7.06. The number of para-hydroxylation sites is 1. The highest BCUT2D eigenvalue weighted by atomic mass is 16.3. The second-order valence-electron chi connectivity index (χ2n) is 7.53. The molecule has 1 aliphatic carbocycles. The minimum atomic E-state index is -0.346. The minimum absolute atomic E-state index is 0.00209. The summed E-state index contributed by atoms with van der Waals surface area (Å²) in [6, 6.07) is 13.2. The van der Waals surface area contributed by atoms with Crippen LogP contribution in [0.1, 0.15) is 29.5 Å². The van der Waals surface area contributed by atoms with E-state index in [9.17, 15) is 14.7 Å². The van der Waals surface area contributed by atoms with Gasteiger partial charge >= 0.3 is 0 Å². The molecule has 0 saturated carbocycles. The first-order valence-electron chi connectivity index (χ1n) is 9.47. The Hall–Kier alpha value is -2.82. The van der Waals surface area contributed by atoms with Crippen molar-refractivity contribution in [2.45, 2.75) is 32.2 Å². The number of hydrogen-bond acceptors (Lipinski definition) is 3. The molecule has 2 aromatic carbocycles. The molecule has 1 atom stereocenters. The number of hydrogen-bond donors (Lipinski definition) is 1. The molecule has 2 aromatic rings. The summed E-state index contributed by atoms with van der Waals surface area (Å²) >= 11 is 0. The average molecular weight is 364 g/mol. The van der Waals surface area contributed by atoms with Gasteiger partial charge in [-0.3, -0.25) is 9.59 Å². The molecule has 2 aliphatic rings. The van der Waals surface area contributed by atoms with Crippen LogP contribution in [0.25, 0.3) is 0 Å². The third-order valence-electron chi connectivity index (χ3n) is 5.64. The number of phenols is 1. The molecule has 1 aliphatic heterocycles. The van der Waals surface area contributed by atoms with Crippen LogP contribution in [0.4, 0.5) is 5.69 Å². The Balaban J connectivity index is 1.45. The molecule has 1 fully saturated rings. The lowest BCUT2D eigenvalue weighted by Crippen LogP contribution is -2.34. The van der Waals surface area contributed by atoms with Crippen LogP contribution in [-0.4, -0.2) is 35.4 Å². The number of carbonyl (C=O) groups is 2. The Kier molecular flexibility index (Phi) is 4.60. The van der Waals surface area contributed by atoms with Crippen molar-refractivity contribution >= 4 is 17.5 Å². The van der Waals surface area contributed by atoms with E-state index in [0.29, 0.717) is 18.7 Å². The average Bonchev–Trinajstić information content (AvgIpc) is 3.28. The Bertz CT molecular complexity index is 893. The van der Waals surface area contributed by atoms with Crippen molar-refractivity contribution in [3.63, 3.8) is 0 Å². The van der Waals surface area contributed by atoms with E-state index in [1.54, 1.807) is 35.0 Å². The monoisotopic (exact) mass is 364 g/mol. The Morgan fingerprint density at radius 2 is 1.96 bits per heavy atom. The molecular weight excluding hydrogens is 340 g/mol. The minimum Gasteiger partial charge on any atom is -0.508 e. The predicted molar refractivity (Wildman–Crippen MR) is 104 cm³/mol. The van der Waals surface area contributed by atoms with E-state index in [1.165, 1.54) is 17.5 Å². The highest BCUT2D eigenvalue weighted by Gasteiger charge is 2.36. The van der Waals surface area contributed by atoms with E-state index in [-0.39, 0.29) is 29.9 Å². The van der Waals surface area contributed by atoms with Crippen LogP contribution in [0.3, 0.4) is 0 Å². The first-order valence-corrected chi connectivity index (χ1v) is 9.47. The van der Waals surface area contributed by atoms with Gasteiger partial charge in [0, 0.05) is 37.8 Å². The number of carbonyl (C=O) groups excluding carboxylic acids is 2. The van der Waals surface area contributed by atoms with Crippen molar-refractivity contribution in [1.82, 2.24) is 4.90 Å². The zero-order valence-electron chi connectivity index (χ0n) is 15.5. The molecule has 0 unspecified atom stereocenters. The van der Waals surface area contributed by atoms with Crippen LogP contribution >= 0.6 is 0 Å². The number of amides is 2. The van der Waals surface area contributed by atoms with Crippen LogP contribution in [0.5, 0.6) is 5.75 Å². The van der Waals surface area contributed by atoms with Gasteiger partial charge in [-0.15, -0.1) is 0 Å². The molecule has 1 heterocycles. The number of fused-ring (bicyclic) bond motifs is 1. The number of benzene rings is 2. The SMILES string of the molecule is CN(Cc1ccccc1O)C(=O)[C@H]1CC(=O)N(c2ccc3c(c2)CCC3)C1. The fourth-order valence-electron chi connectivity index (χ4n) is 4.14. The molecule has 0 bridgehead atoms. The van der Waals surface area contributed by atoms with Crippen molar-refractivity contribution < 1.29 is 14.7 Å². The maximum Gasteiger partial charge on any atom is 0.228 e. The van der Waals surface area contributed by atoms with Gasteiger partial charge in [0.05, 0.1) is 5.92 Å². The highest BCUT2D eigenvalue weighted by Crippen LogP contribution is 2.31. The lowest BCUT2D eigenvalue weighted by atomic mass is 10.1. The largest absolute Gasteiger partial charge is 0.508 e. The summed E-state index contributed by atoms with van der Waals surface area (Å²) in [4.78, 5) is 28.7. The van der Waals surface area contributed by atoms with Crippen molar-refractivity contribution in [2.75, 3.05) is 18.5 Å². The fraction of sp³-hybridized carbons (Fsp3) is 0.364. The maximum absolute atomic E-state index is 12.8. The van der Waals surface area contributed by atoms with E-state index in [4.69, 9.17) is 0 Å². The van der Waals surface area contributed by atoms with Gasteiger partial charge in [0.1, 0.15) is 5.75 Å². The van der Waals surface area contributed by atoms with Crippen molar-refractivity contribution in [3.05, 3.63) is 59.2 Å². The normalized spacial score (nSPS) is 18.6. The number of aryl methyl sites for hydroxylation is 2. The summed E-state index contributed by atoms with van der Waals surface area (Å²) < 4.78 is 0. The first kappa shape index (κ1) is 17.6. The molecule has 140 valence electrons. The summed E-state index contributed by atoms with van der Waals surface area (Å²) in [6.07, 6.45) is 3.59. The Morgan fingerprint density at radius 3 is 2.78 bits per heavy atom. The van der Waals surface area contributed by atoms with Gasteiger partial charge in [-0.05, 0) is 48.6 Å². The Labute approximate surface area is 159 Å². The Morgan fingerprint density at radius 1 is 1.19 bits per heavy atom. The molecule has 5 heteroatoms. The summed E-state index contributed by atoms with van der Waals surface area (Å²) in [5.74, 6) is -0.224. The van der Waals surface area contributed by atoms with Crippen LogP contribution in [-0.2, 0) is 29.0 Å². The molecule has 4 rings (SSSR count). The highest BCUT2D eigenvalue weighted by molar-refractivity contribution is 6.00. The van der Waals surface area contributed by atoms with E-state index in [0.717, 1.165) is 18.5 Å². The first-order chi connectivity index (χ1) is 13.0. The fourth-order valence-corrected chi connectivity index (χ4v) is 4.14. The molecular formula is C22H24N2O3. The third kappa shape index (κ3) is 3.42. The molecule has 1 saturated heterocycles. The number of aromatic hydroxyl groups is 1. The molecule has 27 heavy (non-hydrogen) atoms. The zero-order chi connectivity index (χ0) is 19.0. The van der Waals surface area contributed by atoms with Gasteiger partial charge in [-0.1, -0.05) is 24.3 Å². The van der Waals surface area contributed by atoms with Crippen LogP contribution < -0.4 is 4.90 Å². The van der Waals surface area contributed by atoms with Gasteiger partial charge in [0.2, 0.25) is 11.8 Å². The van der Waals surface area contributed by atoms with E-state index in [2.05, 4.69) is 12.1 Å². The van der Waals surface area contributed by atoms with E-state index >= 15 is 0 Å². The molecule has 1 N–H and O–H groups in total. The molecule has 5 nitrogen and oxygen atoms in total. The maximum atomic E-state index is 12.8. The lowest BCUT2D eigenvalue weighted by molar-refractivity contribution is -0.135. The smallest absolute Gasteiger partial charge is 0.228 e. The van der Waals surface area contributed by atoms with E-state index < -0.39 is 0 Å². The standard InChI is InChI=1S/C22H24N2O3/c1-23(13-17-5-2-3-8-20(17)25)22(27)18-12-21(26)24(14-18)19-10-9-15-6-4-7-16(15)11-19/h2-3,5,8-11,18,25H,4,6-7,12-14H2,1H3/t18-/m0/s1.